The second-order valence-corrected chi connectivity index (χ2v) is 15.2. The molecule has 6 nitrogen and oxygen atoms in total. The van der Waals surface area contributed by atoms with Crippen molar-refractivity contribution in [2.45, 2.75) is 155 Å². The number of carbonyl (C=O) groups is 2. The van der Waals surface area contributed by atoms with Gasteiger partial charge in [0.1, 0.15) is 0 Å². The smallest absolute Gasteiger partial charge is 0.224 e. The molecule has 0 saturated carbocycles. The van der Waals surface area contributed by atoms with Crippen LogP contribution in [0.5, 0.6) is 0 Å². The molecular formula is C44H70N4O2. The Hall–Kier alpha value is -2.70. The van der Waals surface area contributed by atoms with Crippen molar-refractivity contribution in [2.24, 2.45) is 0 Å². The molecule has 0 radical (unpaired) electrons. The Labute approximate surface area is 306 Å². The highest BCUT2D eigenvalue weighted by Crippen LogP contribution is 2.30. The minimum absolute atomic E-state index is 0.287. The van der Waals surface area contributed by atoms with Crippen molar-refractivity contribution in [3.63, 3.8) is 0 Å². The minimum atomic E-state index is 0.287. The molecule has 2 aromatic carbocycles. The van der Waals surface area contributed by atoms with Crippen molar-refractivity contribution in [2.75, 3.05) is 39.3 Å². The summed E-state index contributed by atoms with van der Waals surface area (Å²) < 4.78 is 0. The van der Waals surface area contributed by atoms with Crippen LogP contribution in [-0.2, 0) is 9.59 Å². The van der Waals surface area contributed by atoms with Crippen LogP contribution in [0, 0.1) is 0 Å². The monoisotopic (exact) mass is 687 g/mol. The lowest BCUT2D eigenvalue weighted by molar-refractivity contribution is -0.135. The van der Waals surface area contributed by atoms with Crippen molar-refractivity contribution < 1.29 is 9.59 Å². The van der Waals surface area contributed by atoms with E-state index >= 15 is 0 Å². The maximum Gasteiger partial charge on any atom is 0.224 e. The van der Waals surface area contributed by atoms with Crippen LogP contribution in [0.2, 0.25) is 0 Å². The summed E-state index contributed by atoms with van der Waals surface area (Å²) >= 11 is 0. The van der Waals surface area contributed by atoms with Gasteiger partial charge in [0, 0.05) is 76.3 Å². The lowest BCUT2D eigenvalue weighted by atomic mass is 9.96. The van der Waals surface area contributed by atoms with E-state index in [1.54, 1.807) is 0 Å². The molecule has 4 atom stereocenters. The summed E-state index contributed by atoms with van der Waals surface area (Å²) in [6.45, 7) is 14.5. The summed E-state index contributed by atoms with van der Waals surface area (Å²) in [5.74, 6) is 0.631. The van der Waals surface area contributed by atoms with Gasteiger partial charge in [-0.1, -0.05) is 126 Å². The molecule has 0 N–H and O–H groups in total. The molecule has 2 saturated heterocycles. The Bertz CT molecular complexity index is 1220. The summed E-state index contributed by atoms with van der Waals surface area (Å²) in [6, 6.07) is 22.8. The van der Waals surface area contributed by atoms with Crippen LogP contribution in [0.3, 0.4) is 0 Å². The normalized spacial score (nSPS) is 21.4. The first-order chi connectivity index (χ1) is 24.4. The quantitative estimate of drug-likeness (QED) is 0.138. The molecule has 0 spiro atoms. The lowest BCUT2D eigenvalue weighted by Gasteiger charge is -2.40. The second kappa shape index (κ2) is 22.3. The van der Waals surface area contributed by atoms with Crippen LogP contribution >= 0.6 is 0 Å². The number of rotatable bonds is 19. The van der Waals surface area contributed by atoms with Crippen LogP contribution in [0.15, 0.2) is 60.7 Å². The van der Waals surface area contributed by atoms with Gasteiger partial charge in [-0.15, -0.1) is 0 Å². The SMILES string of the molecule is CCCCCCC[C@@H]1CC(=O)N(CCCCN2CCCN([C@H](C)c3ccccc3)[C@H](CCCCC)CC2=O)CCCN1[C@H](C)c1ccccc1. The van der Waals surface area contributed by atoms with Gasteiger partial charge in [-0.3, -0.25) is 19.4 Å². The Morgan fingerprint density at radius 2 is 0.940 bits per heavy atom. The molecule has 278 valence electrons. The predicted molar refractivity (Wildman–Crippen MR) is 209 cm³/mol. The van der Waals surface area contributed by atoms with E-state index < -0.39 is 0 Å². The molecular weight excluding hydrogens is 617 g/mol. The van der Waals surface area contributed by atoms with Crippen molar-refractivity contribution in [3.8, 4) is 0 Å². The van der Waals surface area contributed by atoms with Gasteiger partial charge in [-0.2, -0.15) is 0 Å². The molecule has 2 aliphatic rings. The molecule has 0 aliphatic carbocycles. The van der Waals surface area contributed by atoms with Gasteiger partial charge >= 0.3 is 0 Å². The summed E-state index contributed by atoms with van der Waals surface area (Å²) in [7, 11) is 0. The number of amides is 2. The van der Waals surface area contributed by atoms with Gasteiger partial charge < -0.3 is 9.80 Å². The Kier molecular flexibility index (Phi) is 17.9. The second-order valence-electron chi connectivity index (χ2n) is 15.2. The fraction of sp³-hybridized carbons (Fsp3) is 0.682. The molecule has 2 heterocycles. The minimum Gasteiger partial charge on any atom is -0.343 e. The van der Waals surface area contributed by atoms with E-state index in [1.807, 2.05) is 0 Å². The standard InChI is InChI=1S/C44H70N4O2/c1-5-7-9-10-18-28-42-36-44(50)46(32-22-34-48(42)38(4)40-25-16-12-17-26-40)30-20-19-29-45-31-21-33-47(37(3)39-23-14-11-15-24-39)41(35-43(45)49)27-13-8-6-2/h11-12,14-17,23-26,37-38,41-42H,5-10,13,18-22,27-36H2,1-4H3/t37-,38-,41-,42-/m1/s1. The zero-order valence-corrected chi connectivity index (χ0v) is 32.2. The topological polar surface area (TPSA) is 47.1 Å². The maximum absolute atomic E-state index is 13.8. The van der Waals surface area contributed by atoms with Crippen LogP contribution in [0.1, 0.15) is 154 Å². The molecule has 0 bridgehead atoms. The molecule has 0 aromatic heterocycles. The van der Waals surface area contributed by atoms with Gasteiger partial charge in [0.2, 0.25) is 11.8 Å². The maximum atomic E-state index is 13.8. The number of hydrogen-bond acceptors (Lipinski definition) is 4. The third kappa shape index (κ3) is 12.5. The first kappa shape index (κ1) is 40.1. The summed E-state index contributed by atoms with van der Waals surface area (Å²) in [5, 5.41) is 0. The van der Waals surface area contributed by atoms with Crippen LogP contribution in [-0.4, -0.2) is 82.8 Å². The molecule has 0 unspecified atom stereocenters. The summed E-state index contributed by atoms with van der Waals surface area (Å²) in [5.41, 5.74) is 2.69. The summed E-state index contributed by atoms with van der Waals surface area (Å²) in [4.78, 5) is 37.1. The van der Waals surface area contributed by atoms with E-state index in [-0.39, 0.29) is 12.1 Å². The van der Waals surface area contributed by atoms with Crippen LogP contribution < -0.4 is 0 Å². The zero-order chi connectivity index (χ0) is 35.6. The summed E-state index contributed by atoms with van der Waals surface area (Å²) in [6.07, 6.45) is 17.3. The first-order valence-electron chi connectivity index (χ1n) is 20.6. The van der Waals surface area contributed by atoms with Gasteiger partial charge in [-0.05, 0) is 63.5 Å². The average Bonchev–Trinajstić information content (AvgIpc) is 3.13. The van der Waals surface area contributed by atoms with E-state index in [0.717, 1.165) is 77.8 Å². The molecule has 2 aliphatic heterocycles. The van der Waals surface area contributed by atoms with E-state index in [0.29, 0.717) is 36.7 Å². The van der Waals surface area contributed by atoms with E-state index in [1.165, 1.54) is 62.5 Å². The van der Waals surface area contributed by atoms with Crippen molar-refractivity contribution in [3.05, 3.63) is 71.8 Å². The van der Waals surface area contributed by atoms with Crippen LogP contribution in [0.25, 0.3) is 0 Å². The fourth-order valence-electron chi connectivity index (χ4n) is 8.49. The highest BCUT2D eigenvalue weighted by molar-refractivity contribution is 5.77. The highest BCUT2D eigenvalue weighted by atomic mass is 16.2. The third-order valence-corrected chi connectivity index (χ3v) is 11.6. The third-order valence-electron chi connectivity index (χ3n) is 11.6. The molecule has 2 amide bonds. The molecule has 4 rings (SSSR count). The van der Waals surface area contributed by atoms with E-state index in [2.05, 4.69) is 108 Å². The van der Waals surface area contributed by atoms with E-state index in [9.17, 15) is 9.59 Å². The van der Waals surface area contributed by atoms with Gasteiger partial charge in [-0.25, -0.2) is 0 Å². The first-order valence-corrected chi connectivity index (χ1v) is 20.6. The molecule has 2 aromatic rings. The number of unbranched alkanes of at least 4 members (excludes halogenated alkanes) is 7. The number of hydrogen-bond donors (Lipinski definition) is 0. The van der Waals surface area contributed by atoms with Crippen LogP contribution in [0.4, 0.5) is 0 Å². The zero-order valence-electron chi connectivity index (χ0n) is 32.2. The number of benzene rings is 2. The Morgan fingerprint density at radius 3 is 1.38 bits per heavy atom. The predicted octanol–water partition coefficient (Wildman–Crippen LogP) is 9.82. The largest absolute Gasteiger partial charge is 0.343 e. The van der Waals surface area contributed by atoms with E-state index in [4.69, 9.17) is 0 Å². The fourth-order valence-corrected chi connectivity index (χ4v) is 8.49. The van der Waals surface area contributed by atoms with Crippen molar-refractivity contribution in [1.29, 1.82) is 0 Å². The number of carbonyl (C=O) groups excluding carboxylic acids is 2. The highest BCUT2D eigenvalue weighted by Gasteiger charge is 2.32. The van der Waals surface area contributed by atoms with Gasteiger partial charge in [0.15, 0.2) is 0 Å². The average molecular weight is 687 g/mol. The molecule has 50 heavy (non-hydrogen) atoms. The van der Waals surface area contributed by atoms with Crippen molar-refractivity contribution >= 4 is 11.8 Å². The van der Waals surface area contributed by atoms with Gasteiger partial charge in [0.25, 0.3) is 0 Å². The Balaban J connectivity index is 1.30. The van der Waals surface area contributed by atoms with Gasteiger partial charge in [0.05, 0.1) is 0 Å². The Morgan fingerprint density at radius 1 is 0.540 bits per heavy atom. The number of nitrogens with zero attached hydrogens (tertiary/aromatic N) is 4. The lowest BCUT2D eigenvalue weighted by Crippen LogP contribution is -2.47. The molecule has 2 fully saturated rings. The van der Waals surface area contributed by atoms with Crippen molar-refractivity contribution in [1.82, 2.24) is 19.6 Å². The molecule has 6 heteroatoms.